The van der Waals surface area contributed by atoms with E-state index < -0.39 is 0 Å². The lowest BCUT2D eigenvalue weighted by atomic mass is 9.99. The third kappa shape index (κ3) is 3.52. The fourth-order valence-corrected chi connectivity index (χ4v) is 2.36. The van der Waals surface area contributed by atoms with Gasteiger partial charge in [-0.1, -0.05) is 46.3 Å². The smallest absolute Gasteiger partial charge is 0.164 e. The normalized spacial score (nSPS) is 9.89. The molecular formula is C16H12BrNO. The average Bonchev–Trinajstić information content (AvgIpc) is 2.45. The number of hydrogen-bond acceptors (Lipinski definition) is 2. The minimum absolute atomic E-state index is 0.0112. The zero-order valence-electron chi connectivity index (χ0n) is 10.3. The standard InChI is InChI=1S/C16H12BrNO/c17-14-6-3-4-12(10-14)8-9-16(19)15-7-2-1-5-13(15)11-18/h1-7,10H,8-9H2. The van der Waals surface area contributed by atoms with Crippen molar-refractivity contribution in [2.75, 3.05) is 0 Å². The van der Waals surface area contributed by atoms with E-state index in [0.717, 1.165) is 10.0 Å². The Morgan fingerprint density at radius 3 is 2.68 bits per heavy atom. The maximum Gasteiger partial charge on any atom is 0.164 e. The second-order valence-electron chi connectivity index (χ2n) is 4.21. The van der Waals surface area contributed by atoms with Crippen molar-refractivity contribution in [1.82, 2.24) is 0 Å². The zero-order chi connectivity index (χ0) is 13.7. The molecule has 0 unspecified atom stereocenters. The second kappa shape index (κ2) is 6.31. The highest BCUT2D eigenvalue weighted by Crippen LogP contribution is 2.15. The molecule has 0 atom stereocenters. The summed E-state index contributed by atoms with van der Waals surface area (Å²) in [6.45, 7) is 0. The van der Waals surface area contributed by atoms with E-state index in [4.69, 9.17) is 5.26 Å². The SMILES string of the molecule is N#Cc1ccccc1C(=O)CCc1cccc(Br)c1. The van der Waals surface area contributed by atoms with Gasteiger partial charge in [0, 0.05) is 16.5 Å². The van der Waals surface area contributed by atoms with Gasteiger partial charge in [0.2, 0.25) is 0 Å². The van der Waals surface area contributed by atoms with Crippen LogP contribution in [0.25, 0.3) is 0 Å². The van der Waals surface area contributed by atoms with Gasteiger partial charge >= 0.3 is 0 Å². The summed E-state index contributed by atoms with van der Waals surface area (Å²) >= 11 is 3.41. The molecule has 0 saturated carbocycles. The fourth-order valence-electron chi connectivity index (χ4n) is 1.91. The van der Waals surface area contributed by atoms with E-state index in [1.165, 1.54) is 0 Å². The molecule has 0 fully saturated rings. The molecule has 0 aliphatic rings. The number of Topliss-reactive ketones (excluding diaryl/α,β-unsaturated/α-hetero) is 1. The first-order valence-electron chi connectivity index (χ1n) is 5.97. The summed E-state index contributed by atoms with van der Waals surface area (Å²) in [5.74, 6) is 0.0112. The Labute approximate surface area is 120 Å². The Hall–Kier alpha value is -1.92. The molecule has 2 aromatic rings. The summed E-state index contributed by atoms with van der Waals surface area (Å²) in [6, 6.07) is 16.9. The van der Waals surface area contributed by atoms with Crippen molar-refractivity contribution >= 4 is 21.7 Å². The average molecular weight is 314 g/mol. The van der Waals surface area contributed by atoms with Gasteiger partial charge in [0.05, 0.1) is 11.6 Å². The summed E-state index contributed by atoms with van der Waals surface area (Å²) in [7, 11) is 0. The molecule has 0 aliphatic heterocycles. The van der Waals surface area contributed by atoms with E-state index in [9.17, 15) is 4.79 Å². The van der Waals surface area contributed by atoms with Crippen LogP contribution >= 0.6 is 15.9 Å². The monoisotopic (exact) mass is 313 g/mol. The molecule has 0 spiro atoms. The molecule has 2 nitrogen and oxygen atoms in total. The predicted molar refractivity (Wildman–Crippen MR) is 78.0 cm³/mol. The van der Waals surface area contributed by atoms with Gasteiger partial charge in [-0.15, -0.1) is 0 Å². The number of rotatable bonds is 4. The third-order valence-electron chi connectivity index (χ3n) is 2.88. The Kier molecular flexibility index (Phi) is 4.48. The lowest BCUT2D eigenvalue weighted by Crippen LogP contribution is -2.03. The summed E-state index contributed by atoms with van der Waals surface area (Å²) in [5.41, 5.74) is 2.07. The van der Waals surface area contributed by atoms with Crippen LogP contribution in [-0.4, -0.2) is 5.78 Å². The molecule has 0 heterocycles. The number of nitriles is 1. The van der Waals surface area contributed by atoms with Gasteiger partial charge in [-0.2, -0.15) is 5.26 Å². The van der Waals surface area contributed by atoms with E-state index >= 15 is 0 Å². The largest absolute Gasteiger partial charge is 0.294 e. The van der Waals surface area contributed by atoms with Crippen LogP contribution in [0.4, 0.5) is 0 Å². The Morgan fingerprint density at radius 2 is 1.95 bits per heavy atom. The van der Waals surface area contributed by atoms with Crippen LogP contribution in [0, 0.1) is 11.3 Å². The van der Waals surface area contributed by atoms with Gasteiger partial charge in [-0.05, 0) is 30.2 Å². The number of aryl methyl sites for hydroxylation is 1. The number of benzene rings is 2. The molecule has 2 rings (SSSR count). The quantitative estimate of drug-likeness (QED) is 0.796. The minimum Gasteiger partial charge on any atom is -0.294 e. The van der Waals surface area contributed by atoms with Gasteiger partial charge in [0.1, 0.15) is 0 Å². The van der Waals surface area contributed by atoms with Crippen LogP contribution in [0.2, 0.25) is 0 Å². The van der Waals surface area contributed by atoms with Crippen molar-refractivity contribution in [3.8, 4) is 6.07 Å². The molecule has 0 radical (unpaired) electrons. The number of nitrogens with zero attached hydrogens (tertiary/aromatic N) is 1. The topological polar surface area (TPSA) is 40.9 Å². The van der Waals surface area contributed by atoms with Gasteiger partial charge in [-0.25, -0.2) is 0 Å². The van der Waals surface area contributed by atoms with Crippen molar-refractivity contribution in [3.05, 3.63) is 69.7 Å². The van der Waals surface area contributed by atoms with Gasteiger partial charge < -0.3 is 0 Å². The van der Waals surface area contributed by atoms with Crippen molar-refractivity contribution in [3.63, 3.8) is 0 Å². The molecule has 2 aromatic carbocycles. The van der Waals surface area contributed by atoms with Crippen molar-refractivity contribution < 1.29 is 4.79 Å². The Bertz CT molecular complexity index is 643. The maximum atomic E-state index is 12.1. The van der Waals surface area contributed by atoms with Crippen LogP contribution in [0.15, 0.2) is 53.0 Å². The van der Waals surface area contributed by atoms with Crippen LogP contribution in [0.3, 0.4) is 0 Å². The lowest BCUT2D eigenvalue weighted by molar-refractivity contribution is 0.0982. The number of ketones is 1. The number of carbonyl (C=O) groups is 1. The van der Waals surface area contributed by atoms with E-state index in [1.54, 1.807) is 24.3 Å². The number of carbonyl (C=O) groups excluding carboxylic acids is 1. The second-order valence-corrected chi connectivity index (χ2v) is 5.13. The molecule has 19 heavy (non-hydrogen) atoms. The summed E-state index contributed by atoms with van der Waals surface area (Å²) < 4.78 is 1.01. The maximum absolute atomic E-state index is 12.1. The van der Waals surface area contributed by atoms with E-state index in [1.807, 2.05) is 24.3 Å². The first-order valence-corrected chi connectivity index (χ1v) is 6.77. The van der Waals surface area contributed by atoms with Gasteiger partial charge in [0.25, 0.3) is 0 Å². The number of halogens is 1. The van der Waals surface area contributed by atoms with Crippen molar-refractivity contribution in [2.45, 2.75) is 12.8 Å². The minimum atomic E-state index is 0.0112. The van der Waals surface area contributed by atoms with Gasteiger partial charge in [-0.3, -0.25) is 4.79 Å². The molecule has 0 aliphatic carbocycles. The van der Waals surface area contributed by atoms with Crippen molar-refractivity contribution in [2.24, 2.45) is 0 Å². The summed E-state index contributed by atoms with van der Waals surface area (Å²) in [4.78, 5) is 12.1. The third-order valence-corrected chi connectivity index (χ3v) is 3.37. The van der Waals surface area contributed by atoms with Crippen LogP contribution in [-0.2, 0) is 6.42 Å². The summed E-state index contributed by atoms with van der Waals surface area (Å²) in [5, 5.41) is 8.98. The molecule has 0 saturated heterocycles. The van der Waals surface area contributed by atoms with Crippen molar-refractivity contribution in [1.29, 1.82) is 5.26 Å². The highest BCUT2D eigenvalue weighted by atomic mass is 79.9. The summed E-state index contributed by atoms with van der Waals surface area (Å²) in [6.07, 6.45) is 1.09. The molecule has 0 N–H and O–H groups in total. The first-order chi connectivity index (χ1) is 9.20. The van der Waals surface area contributed by atoms with Gasteiger partial charge in [0.15, 0.2) is 5.78 Å². The van der Waals surface area contributed by atoms with E-state index in [2.05, 4.69) is 22.0 Å². The van der Waals surface area contributed by atoms with Crippen LogP contribution in [0.5, 0.6) is 0 Å². The Balaban J connectivity index is 2.08. The molecule has 0 bridgehead atoms. The van der Waals surface area contributed by atoms with E-state index in [-0.39, 0.29) is 5.78 Å². The Morgan fingerprint density at radius 1 is 1.16 bits per heavy atom. The molecule has 3 heteroatoms. The van der Waals surface area contributed by atoms with E-state index in [0.29, 0.717) is 24.0 Å². The molecule has 94 valence electrons. The zero-order valence-corrected chi connectivity index (χ0v) is 11.9. The molecule has 0 amide bonds. The van der Waals surface area contributed by atoms with Crippen LogP contribution < -0.4 is 0 Å². The lowest BCUT2D eigenvalue weighted by Gasteiger charge is -2.04. The van der Waals surface area contributed by atoms with Crippen LogP contribution in [0.1, 0.15) is 27.9 Å². The fraction of sp³-hybridized carbons (Fsp3) is 0.125. The number of hydrogen-bond donors (Lipinski definition) is 0. The highest BCUT2D eigenvalue weighted by molar-refractivity contribution is 9.10. The molecular weight excluding hydrogens is 302 g/mol. The first kappa shape index (κ1) is 13.5. The predicted octanol–water partition coefficient (Wildman–Crippen LogP) is 4.14. The molecule has 0 aromatic heterocycles. The highest BCUT2D eigenvalue weighted by Gasteiger charge is 2.10.